The molecule has 3 heteroatoms. The normalized spacial score (nSPS) is 11.3. The topological polar surface area (TPSA) is 46.5 Å². The van der Waals surface area contributed by atoms with E-state index in [9.17, 15) is 4.79 Å². The zero-order valence-corrected chi connectivity index (χ0v) is 13.5. The first-order chi connectivity index (χ1) is 10.3. The van der Waals surface area contributed by atoms with E-state index in [-0.39, 0.29) is 5.41 Å². The predicted molar refractivity (Wildman–Crippen MR) is 87.6 cm³/mol. The summed E-state index contributed by atoms with van der Waals surface area (Å²) < 4.78 is 5.74. The van der Waals surface area contributed by atoms with Crippen molar-refractivity contribution in [3.05, 3.63) is 64.7 Å². The zero-order valence-electron chi connectivity index (χ0n) is 13.5. The number of carbonyl (C=O) groups is 1. The van der Waals surface area contributed by atoms with Gasteiger partial charge < -0.3 is 9.84 Å². The maximum absolute atomic E-state index is 11.0. The lowest BCUT2D eigenvalue weighted by Crippen LogP contribution is -2.10. The van der Waals surface area contributed by atoms with Crippen molar-refractivity contribution in [3.8, 4) is 5.75 Å². The first-order valence-electron chi connectivity index (χ1n) is 7.33. The minimum absolute atomic E-state index is 0.142. The van der Waals surface area contributed by atoms with Gasteiger partial charge in [-0.25, -0.2) is 4.79 Å². The smallest absolute Gasteiger partial charge is 0.335 e. The highest BCUT2D eigenvalue weighted by Gasteiger charge is 2.13. The molecule has 22 heavy (non-hydrogen) atoms. The van der Waals surface area contributed by atoms with E-state index in [0.717, 1.165) is 5.56 Å². The first kappa shape index (κ1) is 16.1. The van der Waals surface area contributed by atoms with Crippen molar-refractivity contribution in [3.63, 3.8) is 0 Å². The summed E-state index contributed by atoms with van der Waals surface area (Å²) in [4.78, 5) is 11.0. The number of aromatic carboxylic acids is 1. The number of aryl methyl sites for hydroxylation is 1. The molecular formula is C19H22O3. The number of hydrogen-bond acceptors (Lipinski definition) is 2. The molecule has 0 saturated heterocycles. The third-order valence-electron chi connectivity index (χ3n) is 3.65. The Labute approximate surface area is 131 Å². The average Bonchev–Trinajstić information content (AvgIpc) is 2.44. The van der Waals surface area contributed by atoms with Gasteiger partial charge in [-0.2, -0.15) is 0 Å². The first-order valence-corrected chi connectivity index (χ1v) is 7.33. The average molecular weight is 298 g/mol. The summed E-state index contributed by atoms with van der Waals surface area (Å²) in [6.45, 7) is 8.80. The summed E-state index contributed by atoms with van der Waals surface area (Å²) in [6, 6.07) is 13.4. The molecule has 0 heterocycles. The van der Waals surface area contributed by atoms with Crippen molar-refractivity contribution in [2.24, 2.45) is 0 Å². The van der Waals surface area contributed by atoms with Crippen LogP contribution in [-0.2, 0) is 12.0 Å². The molecule has 0 amide bonds. The summed E-state index contributed by atoms with van der Waals surface area (Å²) in [5.74, 6) is -0.232. The number of benzene rings is 2. The van der Waals surface area contributed by atoms with Gasteiger partial charge in [-0.15, -0.1) is 0 Å². The lowest BCUT2D eigenvalue weighted by atomic mass is 9.87. The van der Waals surface area contributed by atoms with Gasteiger partial charge in [0, 0.05) is 0 Å². The molecule has 1 N–H and O–H groups in total. The molecule has 0 spiro atoms. The Balaban J connectivity index is 2.04. The maximum atomic E-state index is 11.0. The third-order valence-corrected chi connectivity index (χ3v) is 3.65. The number of ether oxygens (including phenoxy) is 1. The van der Waals surface area contributed by atoms with Gasteiger partial charge in [-0.05, 0) is 47.2 Å². The highest BCUT2D eigenvalue weighted by molar-refractivity contribution is 5.89. The summed E-state index contributed by atoms with van der Waals surface area (Å²) in [5, 5.41) is 9.02. The van der Waals surface area contributed by atoms with E-state index in [1.807, 2.05) is 0 Å². The van der Waals surface area contributed by atoms with Crippen LogP contribution in [0.2, 0.25) is 0 Å². The fourth-order valence-corrected chi connectivity index (χ4v) is 2.23. The second-order valence-corrected chi connectivity index (χ2v) is 6.52. The Morgan fingerprint density at radius 2 is 1.73 bits per heavy atom. The zero-order chi connectivity index (χ0) is 16.3. The van der Waals surface area contributed by atoms with Crippen LogP contribution in [0.5, 0.6) is 5.75 Å². The quantitative estimate of drug-likeness (QED) is 0.899. The maximum Gasteiger partial charge on any atom is 0.335 e. The van der Waals surface area contributed by atoms with Crippen LogP contribution < -0.4 is 4.74 Å². The Morgan fingerprint density at radius 1 is 1.09 bits per heavy atom. The molecule has 0 unspecified atom stereocenters. The van der Waals surface area contributed by atoms with Crippen molar-refractivity contribution in [2.75, 3.05) is 0 Å². The van der Waals surface area contributed by atoms with Crippen molar-refractivity contribution >= 4 is 5.97 Å². The molecule has 0 fully saturated rings. The summed E-state index contributed by atoms with van der Waals surface area (Å²) >= 11 is 0. The molecule has 3 nitrogen and oxygen atoms in total. The van der Waals surface area contributed by atoms with Crippen molar-refractivity contribution in [2.45, 2.75) is 39.7 Å². The minimum Gasteiger partial charge on any atom is -0.489 e. The summed E-state index contributed by atoms with van der Waals surface area (Å²) in [6.07, 6.45) is 0. The van der Waals surface area contributed by atoms with E-state index >= 15 is 0 Å². The predicted octanol–water partition coefficient (Wildman–Crippen LogP) is 4.57. The van der Waals surface area contributed by atoms with E-state index in [2.05, 4.69) is 45.0 Å². The fourth-order valence-electron chi connectivity index (χ4n) is 2.23. The van der Waals surface area contributed by atoms with E-state index in [1.54, 1.807) is 25.1 Å². The number of rotatable bonds is 4. The van der Waals surface area contributed by atoms with Crippen LogP contribution in [0.4, 0.5) is 0 Å². The molecule has 0 aliphatic rings. The van der Waals surface area contributed by atoms with Gasteiger partial charge in [-0.3, -0.25) is 0 Å². The highest BCUT2D eigenvalue weighted by atomic mass is 16.5. The lowest BCUT2D eigenvalue weighted by Gasteiger charge is -2.19. The minimum atomic E-state index is -0.915. The number of hydrogen-bond donors (Lipinski definition) is 1. The molecule has 0 aliphatic carbocycles. The van der Waals surface area contributed by atoms with Crippen LogP contribution in [0.15, 0.2) is 42.5 Å². The SMILES string of the molecule is Cc1cc(OCc2ccc(C(C)(C)C)cc2)ccc1C(=O)O. The number of carboxylic acid groups (broad SMARTS) is 1. The monoisotopic (exact) mass is 298 g/mol. The lowest BCUT2D eigenvalue weighted by molar-refractivity contribution is 0.0696. The molecule has 2 aromatic carbocycles. The second kappa shape index (κ2) is 6.22. The molecule has 0 aliphatic heterocycles. The molecule has 116 valence electrons. The van der Waals surface area contributed by atoms with Gasteiger partial charge in [0.05, 0.1) is 5.56 Å². The van der Waals surface area contributed by atoms with E-state index in [1.165, 1.54) is 5.56 Å². The number of carboxylic acids is 1. The van der Waals surface area contributed by atoms with Crippen molar-refractivity contribution in [1.82, 2.24) is 0 Å². The third kappa shape index (κ3) is 3.88. The van der Waals surface area contributed by atoms with Crippen LogP contribution in [0.3, 0.4) is 0 Å². The van der Waals surface area contributed by atoms with E-state index in [4.69, 9.17) is 9.84 Å². The van der Waals surface area contributed by atoms with E-state index < -0.39 is 5.97 Å². The molecule has 2 rings (SSSR count). The molecule has 0 bridgehead atoms. The molecular weight excluding hydrogens is 276 g/mol. The Bertz CT molecular complexity index is 664. The van der Waals surface area contributed by atoms with Gasteiger partial charge in [0.2, 0.25) is 0 Å². The molecule has 0 atom stereocenters. The van der Waals surface area contributed by atoms with Gasteiger partial charge in [-0.1, -0.05) is 45.0 Å². The van der Waals surface area contributed by atoms with Gasteiger partial charge in [0.25, 0.3) is 0 Å². The van der Waals surface area contributed by atoms with Gasteiger partial charge in [0.15, 0.2) is 0 Å². The van der Waals surface area contributed by atoms with Crippen molar-refractivity contribution < 1.29 is 14.6 Å². The summed E-state index contributed by atoms with van der Waals surface area (Å²) in [5.41, 5.74) is 3.53. The van der Waals surface area contributed by atoms with Crippen LogP contribution in [0, 0.1) is 6.92 Å². The van der Waals surface area contributed by atoms with Crippen molar-refractivity contribution in [1.29, 1.82) is 0 Å². The fraction of sp³-hybridized carbons (Fsp3) is 0.316. The Hall–Kier alpha value is -2.29. The van der Waals surface area contributed by atoms with Crippen LogP contribution in [-0.4, -0.2) is 11.1 Å². The van der Waals surface area contributed by atoms with Gasteiger partial charge in [0.1, 0.15) is 12.4 Å². The largest absolute Gasteiger partial charge is 0.489 e. The van der Waals surface area contributed by atoms with Crippen LogP contribution >= 0.6 is 0 Å². The Kier molecular flexibility index (Phi) is 4.55. The standard InChI is InChI=1S/C19H22O3/c1-13-11-16(9-10-17(13)18(20)21)22-12-14-5-7-15(8-6-14)19(2,3)4/h5-11H,12H2,1-4H3,(H,20,21). The van der Waals surface area contributed by atoms with E-state index in [0.29, 0.717) is 23.5 Å². The highest BCUT2D eigenvalue weighted by Crippen LogP contribution is 2.23. The molecule has 0 radical (unpaired) electrons. The Morgan fingerprint density at radius 3 is 2.23 bits per heavy atom. The van der Waals surface area contributed by atoms with Crippen LogP contribution in [0.25, 0.3) is 0 Å². The van der Waals surface area contributed by atoms with Crippen LogP contribution in [0.1, 0.15) is 47.8 Å². The summed E-state index contributed by atoms with van der Waals surface area (Å²) in [7, 11) is 0. The molecule has 0 saturated carbocycles. The second-order valence-electron chi connectivity index (χ2n) is 6.52. The molecule has 2 aromatic rings. The molecule has 0 aromatic heterocycles. The van der Waals surface area contributed by atoms with Gasteiger partial charge >= 0.3 is 5.97 Å².